The van der Waals surface area contributed by atoms with E-state index in [9.17, 15) is 13.2 Å². The molecule has 0 fully saturated rings. The van der Waals surface area contributed by atoms with Crippen molar-refractivity contribution in [3.05, 3.63) is 48.5 Å². The number of hydrogen-bond donors (Lipinski definition) is 2. The summed E-state index contributed by atoms with van der Waals surface area (Å²) < 4.78 is 42.5. The van der Waals surface area contributed by atoms with Crippen LogP contribution in [0.15, 0.2) is 53.4 Å². The van der Waals surface area contributed by atoms with E-state index in [-0.39, 0.29) is 4.90 Å². The topological polar surface area (TPSA) is 103 Å². The van der Waals surface area contributed by atoms with Crippen molar-refractivity contribution in [1.29, 1.82) is 0 Å². The van der Waals surface area contributed by atoms with E-state index in [1.807, 2.05) is 0 Å². The molecule has 9 heteroatoms. The van der Waals surface area contributed by atoms with Gasteiger partial charge in [-0.3, -0.25) is 4.79 Å². The van der Waals surface area contributed by atoms with Crippen molar-refractivity contribution in [2.24, 2.45) is 0 Å². The van der Waals surface area contributed by atoms with Crippen molar-refractivity contribution >= 4 is 21.6 Å². The summed E-state index contributed by atoms with van der Waals surface area (Å²) in [6.45, 7) is 2.37. The molecule has 8 nitrogen and oxygen atoms in total. The molecule has 0 aromatic heterocycles. The van der Waals surface area contributed by atoms with Crippen LogP contribution in [0.2, 0.25) is 0 Å². The highest BCUT2D eigenvalue weighted by molar-refractivity contribution is 7.89. The molecule has 28 heavy (non-hydrogen) atoms. The fourth-order valence-corrected chi connectivity index (χ4v) is 3.44. The molecular formula is C19H24N2O6S. The maximum Gasteiger partial charge on any atom is 0.242 e. The summed E-state index contributed by atoms with van der Waals surface area (Å²) in [7, 11) is -0.758. The first-order valence-corrected chi connectivity index (χ1v) is 10.0. The Morgan fingerprint density at radius 2 is 1.57 bits per heavy atom. The number of methoxy groups -OCH3 is 2. The summed E-state index contributed by atoms with van der Waals surface area (Å²) in [5.41, 5.74) is 0.527. The first-order chi connectivity index (χ1) is 13.4. The van der Waals surface area contributed by atoms with Gasteiger partial charge < -0.3 is 19.5 Å². The lowest BCUT2D eigenvalue weighted by atomic mass is 10.2. The van der Waals surface area contributed by atoms with E-state index in [1.54, 1.807) is 31.4 Å². The predicted octanol–water partition coefficient (Wildman–Crippen LogP) is 2.03. The van der Waals surface area contributed by atoms with Gasteiger partial charge in [-0.15, -0.1) is 0 Å². The molecule has 0 heterocycles. The number of carbonyl (C=O) groups is 1. The Morgan fingerprint density at radius 1 is 0.964 bits per heavy atom. The molecule has 2 aromatic rings. The molecule has 0 radical (unpaired) electrons. The van der Waals surface area contributed by atoms with Gasteiger partial charge in [0.1, 0.15) is 18.1 Å². The Bertz CT molecular complexity index is 866. The number of nitrogens with one attached hydrogen (secondary N) is 2. The SMILES string of the molecule is COCCOc1ccc(NC(=O)[C@H](C)NS(=O)(=O)c2ccc(OC)cc2)cc1. The van der Waals surface area contributed by atoms with Crippen molar-refractivity contribution in [3.8, 4) is 11.5 Å². The highest BCUT2D eigenvalue weighted by Crippen LogP contribution is 2.17. The number of benzene rings is 2. The van der Waals surface area contributed by atoms with Crippen molar-refractivity contribution in [2.45, 2.75) is 17.9 Å². The van der Waals surface area contributed by atoms with Crippen LogP contribution in [0.5, 0.6) is 11.5 Å². The largest absolute Gasteiger partial charge is 0.497 e. The van der Waals surface area contributed by atoms with E-state index in [1.165, 1.54) is 38.3 Å². The number of ether oxygens (including phenoxy) is 3. The normalized spacial score (nSPS) is 12.2. The van der Waals surface area contributed by atoms with Gasteiger partial charge in [0.2, 0.25) is 15.9 Å². The molecule has 2 aromatic carbocycles. The second-order valence-corrected chi connectivity index (χ2v) is 7.59. The van der Waals surface area contributed by atoms with Crippen LogP contribution in [0.3, 0.4) is 0 Å². The van der Waals surface area contributed by atoms with Gasteiger partial charge in [0.05, 0.1) is 24.7 Å². The van der Waals surface area contributed by atoms with Gasteiger partial charge in [-0.25, -0.2) is 8.42 Å². The Labute approximate surface area is 164 Å². The number of carbonyl (C=O) groups excluding carboxylic acids is 1. The van der Waals surface area contributed by atoms with Crippen LogP contribution in [0.4, 0.5) is 5.69 Å². The van der Waals surface area contributed by atoms with E-state index in [0.29, 0.717) is 30.4 Å². The van der Waals surface area contributed by atoms with Gasteiger partial charge in [-0.1, -0.05) is 0 Å². The highest BCUT2D eigenvalue weighted by Gasteiger charge is 2.22. The molecule has 0 aliphatic rings. The smallest absolute Gasteiger partial charge is 0.242 e. The number of amides is 1. The fourth-order valence-electron chi connectivity index (χ4n) is 2.24. The second kappa shape index (κ2) is 10.1. The summed E-state index contributed by atoms with van der Waals surface area (Å²) in [5.74, 6) is 0.702. The number of sulfonamides is 1. The average Bonchev–Trinajstić information content (AvgIpc) is 2.69. The number of rotatable bonds is 10. The zero-order chi connectivity index (χ0) is 20.6. The zero-order valence-corrected chi connectivity index (χ0v) is 16.8. The summed E-state index contributed by atoms with van der Waals surface area (Å²) >= 11 is 0. The standard InChI is InChI=1S/C19H24N2O6S/c1-14(21-28(23,24)18-10-8-16(26-3)9-11-18)19(22)20-15-4-6-17(7-5-15)27-13-12-25-2/h4-11,14,21H,12-13H2,1-3H3,(H,20,22)/t14-/m0/s1. The minimum atomic E-state index is -3.84. The first kappa shape index (κ1) is 21.7. The van der Waals surface area contributed by atoms with E-state index in [0.717, 1.165) is 0 Å². The summed E-state index contributed by atoms with van der Waals surface area (Å²) in [5, 5.41) is 2.66. The molecule has 0 spiro atoms. The second-order valence-electron chi connectivity index (χ2n) is 5.87. The third-order valence-electron chi connectivity index (χ3n) is 3.77. The minimum absolute atomic E-state index is 0.0468. The van der Waals surface area contributed by atoms with E-state index >= 15 is 0 Å². The van der Waals surface area contributed by atoms with Crippen molar-refractivity contribution in [2.75, 3.05) is 32.8 Å². The maximum absolute atomic E-state index is 12.4. The van der Waals surface area contributed by atoms with E-state index < -0.39 is 22.0 Å². The third kappa shape index (κ3) is 6.22. The molecule has 2 rings (SSSR count). The number of anilines is 1. The van der Waals surface area contributed by atoms with Crippen LogP contribution in [-0.4, -0.2) is 47.8 Å². The lowest BCUT2D eigenvalue weighted by Crippen LogP contribution is -2.41. The molecule has 0 aliphatic carbocycles. The van der Waals surface area contributed by atoms with Gasteiger partial charge in [-0.05, 0) is 55.5 Å². The summed E-state index contributed by atoms with van der Waals surface area (Å²) in [4.78, 5) is 12.4. The zero-order valence-electron chi connectivity index (χ0n) is 16.0. The lowest BCUT2D eigenvalue weighted by Gasteiger charge is -2.15. The van der Waals surface area contributed by atoms with Gasteiger partial charge in [0, 0.05) is 12.8 Å². The third-order valence-corrected chi connectivity index (χ3v) is 5.33. The molecule has 0 bridgehead atoms. The quantitative estimate of drug-likeness (QED) is 0.583. The monoisotopic (exact) mass is 408 g/mol. The molecule has 0 saturated carbocycles. The molecule has 152 valence electrons. The minimum Gasteiger partial charge on any atom is -0.497 e. The van der Waals surface area contributed by atoms with Crippen LogP contribution in [0, 0.1) is 0 Å². The van der Waals surface area contributed by atoms with Gasteiger partial charge in [0.25, 0.3) is 0 Å². The maximum atomic E-state index is 12.4. The van der Waals surface area contributed by atoms with Crippen LogP contribution in [0.25, 0.3) is 0 Å². The van der Waals surface area contributed by atoms with Crippen LogP contribution < -0.4 is 19.5 Å². The molecule has 2 N–H and O–H groups in total. The van der Waals surface area contributed by atoms with E-state index in [4.69, 9.17) is 14.2 Å². The Balaban J connectivity index is 1.94. The fraction of sp³-hybridized carbons (Fsp3) is 0.316. The highest BCUT2D eigenvalue weighted by atomic mass is 32.2. The molecule has 0 aliphatic heterocycles. The summed E-state index contributed by atoms with van der Waals surface area (Å²) in [6, 6.07) is 11.7. The van der Waals surface area contributed by atoms with Gasteiger partial charge in [-0.2, -0.15) is 4.72 Å². The van der Waals surface area contributed by atoms with E-state index in [2.05, 4.69) is 10.0 Å². The average molecular weight is 408 g/mol. The predicted molar refractivity (Wildman–Crippen MR) is 105 cm³/mol. The summed E-state index contributed by atoms with van der Waals surface area (Å²) in [6.07, 6.45) is 0. The molecule has 1 atom stereocenters. The van der Waals surface area contributed by atoms with Crippen molar-refractivity contribution < 1.29 is 27.4 Å². The van der Waals surface area contributed by atoms with Crippen molar-refractivity contribution in [1.82, 2.24) is 4.72 Å². The first-order valence-electron chi connectivity index (χ1n) is 8.55. The van der Waals surface area contributed by atoms with Crippen molar-refractivity contribution in [3.63, 3.8) is 0 Å². The van der Waals surface area contributed by atoms with Crippen LogP contribution in [0.1, 0.15) is 6.92 Å². The van der Waals surface area contributed by atoms with Gasteiger partial charge in [0.15, 0.2) is 0 Å². The Morgan fingerprint density at radius 3 is 2.14 bits per heavy atom. The molecule has 0 saturated heterocycles. The Hall–Kier alpha value is -2.62. The molecule has 1 amide bonds. The Kier molecular flexibility index (Phi) is 7.80. The molecule has 0 unspecified atom stereocenters. The lowest BCUT2D eigenvalue weighted by molar-refractivity contribution is -0.117. The number of hydrogen-bond acceptors (Lipinski definition) is 6. The van der Waals surface area contributed by atoms with Crippen LogP contribution >= 0.6 is 0 Å². The van der Waals surface area contributed by atoms with Gasteiger partial charge >= 0.3 is 0 Å². The molecular weight excluding hydrogens is 384 g/mol. The van der Waals surface area contributed by atoms with Crippen LogP contribution in [-0.2, 0) is 19.6 Å².